The van der Waals surface area contributed by atoms with Gasteiger partial charge < -0.3 is 10.5 Å². The number of hydrogen-bond acceptors (Lipinski definition) is 2. The Balaban J connectivity index is 2.13. The number of benzene rings is 2. The summed E-state index contributed by atoms with van der Waals surface area (Å²) in [5, 5.41) is 0. The normalized spacial score (nSPS) is 10.5. The smallest absolute Gasteiger partial charge is 0.137 e. The van der Waals surface area contributed by atoms with E-state index in [0.29, 0.717) is 22.3 Å². The van der Waals surface area contributed by atoms with Crippen molar-refractivity contribution < 1.29 is 13.5 Å². The maximum Gasteiger partial charge on any atom is 0.137 e. The van der Waals surface area contributed by atoms with Crippen LogP contribution in [0.15, 0.2) is 40.9 Å². The Morgan fingerprint density at radius 1 is 1.05 bits per heavy atom. The van der Waals surface area contributed by atoms with Crippen LogP contribution in [0.25, 0.3) is 0 Å². The van der Waals surface area contributed by atoms with Crippen molar-refractivity contribution >= 4 is 15.9 Å². The molecule has 2 N–H and O–H groups in total. The first-order chi connectivity index (χ1) is 9.10. The van der Waals surface area contributed by atoms with E-state index in [4.69, 9.17) is 10.5 Å². The highest BCUT2D eigenvalue weighted by atomic mass is 79.9. The van der Waals surface area contributed by atoms with Crippen LogP contribution in [0.1, 0.15) is 11.1 Å². The molecule has 2 nitrogen and oxygen atoms in total. The van der Waals surface area contributed by atoms with E-state index in [1.54, 1.807) is 6.07 Å². The maximum atomic E-state index is 13.2. The van der Waals surface area contributed by atoms with Crippen LogP contribution in [-0.2, 0) is 13.2 Å². The van der Waals surface area contributed by atoms with Crippen molar-refractivity contribution in [3.8, 4) is 5.75 Å². The number of hydrogen-bond donors (Lipinski definition) is 1. The van der Waals surface area contributed by atoms with Gasteiger partial charge in [0, 0.05) is 6.54 Å². The summed E-state index contributed by atoms with van der Waals surface area (Å²) in [7, 11) is 0. The van der Waals surface area contributed by atoms with Gasteiger partial charge in [-0.2, -0.15) is 0 Å². The monoisotopic (exact) mass is 327 g/mol. The summed E-state index contributed by atoms with van der Waals surface area (Å²) in [4.78, 5) is 0. The molecule has 0 saturated heterocycles. The van der Waals surface area contributed by atoms with E-state index >= 15 is 0 Å². The second-order valence-electron chi connectivity index (χ2n) is 3.98. The van der Waals surface area contributed by atoms with Crippen LogP contribution >= 0.6 is 15.9 Å². The lowest BCUT2D eigenvalue weighted by atomic mass is 10.1. The minimum absolute atomic E-state index is 0.183. The zero-order chi connectivity index (χ0) is 13.8. The van der Waals surface area contributed by atoms with Crippen molar-refractivity contribution in [2.75, 3.05) is 0 Å². The SMILES string of the molecule is NCc1ccc(F)cc1COc1ccc(F)c(Br)c1. The highest BCUT2D eigenvalue weighted by molar-refractivity contribution is 9.10. The average Bonchev–Trinajstić information content (AvgIpc) is 2.40. The summed E-state index contributed by atoms with van der Waals surface area (Å²) in [5.74, 6) is -0.197. The first-order valence-electron chi connectivity index (χ1n) is 5.65. The third kappa shape index (κ3) is 3.52. The molecule has 2 aromatic carbocycles. The van der Waals surface area contributed by atoms with Crippen LogP contribution in [0, 0.1) is 11.6 Å². The Hall–Kier alpha value is -1.46. The van der Waals surface area contributed by atoms with Crippen molar-refractivity contribution in [1.82, 2.24) is 0 Å². The Kier molecular flexibility index (Phi) is 4.50. The second-order valence-corrected chi connectivity index (χ2v) is 4.84. The predicted molar refractivity (Wildman–Crippen MR) is 72.7 cm³/mol. The lowest BCUT2D eigenvalue weighted by molar-refractivity contribution is 0.303. The van der Waals surface area contributed by atoms with Gasteiger partial charge in [0.15, 0.2) is 0 Å². The van der Waals surface area contributed by atoms with Crippen molar-refractivity contribution in [2.45, 2.75) is 13.2 Å². The van der Waals surface area contributed by atoms with E-state index in [2.05, 4.69) is 15.9 Å². The minimum atomic E-state index is -0.360. The van der Waals surface area contributed by atoms with Gasteiger partial charge in [-0.05, 0) is 57.4 Å². The zero-order valence-corrected chi connectivity index (χ0v) is 11.6. The van der Waals surface area contributed by atoms with E-state index < -0.39 is 0 Å². The van der Waals surface area contributed by atoms with E-state index in [0.717, 1.165) is 5.56 Å². The molecule has 0 aliphatic heterocycles. The molecule has 2 rings (SSSR count). The van der Waals surface area contributed by atoms with Crippen molar-refractivity contribution in [2.24, 2.45) is 5.73 Å². The van der Waals surface area contributed by atoms with Gasteiger partial charge in [-0.15, -0.1) is 0 Å². The van der Waals surface area contributed by atoms with Crippen molar-refractivity contribution in [3.63, 3.8) is 0 Å². The van der Waals surface area contributed by atoms with Gasteiger partial charge in [0.1, 0.15) is 24.0 Å². The minimum Gasteiger partial charge on any atom is -0.489 e. The van der Waals surface area contributed by atoms with E-state index in [1.165, 1.54) is 30.3 Å². The molecule has 0 heterocycles. The molecule has 5 heteroatoms. The van der Waals surface area contributed by atoms with Gasteiger partial charge in [0.05, 0.1) is 4.47 Å². The molecule has 0 aromatic heterocycles. The fourth-order valence-corrected chi connectivity index (χ4v) is 2.01. The van der Waals surface area contributed by atoms with Gasteiger partial charge in [-0.3, -0.25) is 0 Å². The average molecular weight is 328 g/mol. The molecule has 0 amide bonds. The Labute approximate surface area is 118 Å². The highest BCUT2D eigenvalue weighted by Crippen LogP contribution is 2.23. The second kappa shape index (κ2) is 6.12. The Morgan fingerprint density at radius 2 is 1.84 bits per heavy atom. The predicted octanol–water partition coefficient (Wildman–Crippen LogP) is 3.77. The molecular formula is C14H12BrF2NO. The van der Waals surface area contributed by atoms with Crippen molar-refractivity contribution in [1.29, 1.82) is 0 Å². The third-order valence-corrected chi connectivity index (χ3v) is 3.28. The van der Waals surface area contributed by atoms with Crippen LogP contribution in [0.4, 0.5) is 8.78 Å². The molecule has 0 unspecified atom stereocenters. The van der Waals surface area contributed by atoms with Crippen LogP contribution in [0.2, 0.25) is 0 Å². The molecular weight excluding hydrogens is 316 g/mol. The first-order valence-corrected chi connectivity index (χ1v) is 6.44. The zero-order valence-electron chi connectivity index (χ0n) is 10.00. The lowest BCUT2D eigenvalue weighted by Gasteiger charge is -2.10. The summed E-state index contributed by atoms with van der Waals surface area (Å²) in [6, 6.07) is 8.72. The number of nitrogens with two attached hydrogens (primary N) is 1. The first kappa shape index (κ1) is 14.0. The molecule has 2 aromatic rings. The van der Waals surface area contributed by atoms with E-state index in [-0.39, 0.29) is 18.2 Å². The molecule has 0 aliphatic rings. The van der Waals surface area contributed by atoms with Crippen LogP contribution < -0.4 is 10.5 Å². The topological polar surface area (TPSA) is 35.2 Å². The van der Waals surface area contributed by atoms with E-state index in [9.17, 15) is 8.78 Å². The summed E-state index contributed by atoms with van der Waals surface area (Å²) in [5.41, 5.74) is 7.08. The quantitative estimate of drug-likeness (QED) is 0.927. The molecule has 0 fully saturated rings. The van der Waals surface area contributed by atoms with Gasteiger partial charge >= 0.3 is 0 Å². The highest BCUT2D eigenvalue weighted by Gasteiger charge is 2.06. The summed E-state index contributed by atoms with van der Waals surface area (Å²) in [6.45, 7) is 0.494. The molecule has 0 radical (unpaired) electrons. The van der Waals surface area contributed by atoms with Crippen LogP contribution in [-0.4, -0.2) is 0 Å². The molecule has 0 saturated carbocycles. The van der Waals surface area contributed by atoms with Gasteiger partial charge in [0.25, 0.3) is 0 Å². The Morgan fingerprint density at radius 3 is 2.53 bits per heavy atom. The summed E-state index contributed by atoms with van der Waals surface area (Å²) in [6.07, 6.45) is 0. The maximum absolute atomic E-state index is 13.2. The molecule has 0 spiro atoms. The van der Waals surface area contributed by atoms with Crippen LogP contribution in [0.3, 0.4) is 0 Å². The third-order valence-electron chi connectivity index (χ3n) is 2.67. The molecule has 0 aliphatic carbocycles. The van der Waals surface area contributed by atoms with Crippen molar-refractivity contribution in [3.05, 3.63) is 63.6 Å². The molecule has 0 atom stereocenters. The molecule has 100 valence electrons. The van der Waals surface area contributed by atoms with Gasteiger partial charge in [-0.1, -0.05) is 6.07 Å². The summed E-state index contributed by atoms with van der Waals surface area (Å²) < 4.78 is 32.1. The number of halogens is 3. The standard InChI is InChI=1S/C14H12BrF2NO/c15-13-6-12(3-4-14(13)17)19-8-10-5-11(16)2-1-9(10)7-18/h1-6H,7-8,18H2. The van der Waals surface area contributed by atoms with Gasteiger partial charge in [-0.25, -0.2) is 8.78 Å². The van der Waals surface area contributed by atoms with E-state index in [1.807, 2.05) is 0 Å². The lowest BCUT2D eigenvalue weighted by Crippen LogP contribution is -2.05. The van der Waals surface area contributed by atoms with Crippen LogP contribution in [0.5, 0.6) is 5.75 Å². The number of ether oxygens (including phenoxy) is 1. The number of rotatable bonds is 4. The largest absolute Gasteiger partial charge is 0.489 e. The Bertz CT molecular complexity index is 590. The summed E-state index contributed by atoms with van der Waals surface area (Å²) >= 11 is 3.08. The fraction of sp³-hybridized carbons (Fsp3) is 0.143. The molecule has 0 bridgehead atoms. The molecule has 19 heavy (non-hydrogen) atoms. The van der Waals surface area contributed by atoms with Gasteiger partial charge in [0.2, 0.25) is 0 Å². The fourth-order valence-electron chi connectivity index (χ4n) is 1.66.